The molecule has 128 valence electrons. The minimum Gasteiger partial charge on any atom is -0.349 e. The molecule has 0 radical (unpaired) electrons. The lowest BCUT2D eigenvalue weighted by molar-refractivity contribution is 0.207. The highest BCUT2D eigenvalue weighted by Gasteiger charge is 2.36. The van der Waals surface area contributed by atoms with Gasteiger partial charge in [-0.15, -0.1) is 11.8 Å². The second-order valence-electron chi connectivity index (χ2n) is 6.44. The average molecular weight is 461 g/mol. The number of halogens is 2. The summed E-state index contributed by atoms with van der Waals surface area (Å²) >= 11 is 3.40. The Balaban J connectivity index is 2.05. The fourth-order valence-electron chi connectivity index (χ4n) is 3.37. The molecule has 4 rings (SSSR count). The number of hydrogen-bond donors (Lipinski definition) is 0. The quantitative estimate of drug-likeness (QED) is 0.560. The largest absolute Gasteiger partial charge is 0.360 e. The van der Waals surface area contributed by atoms with Gasteiger partial charge in [0.1, 0.15) is 5.82 Å². The Morgan fingerprint density at radius 1 is 1.33 bits per heavy atom. The fraction of sp³-hybridized carbons (Fsp3) is 0.533. The highest BCUT2D eigenvalue weighted by atomic mass is 127. The molecule has 2 aromatic heterocycles. The number of aromatic nitrogens is 3. The molecule has 2 aliphatic rings. The van der Waals surface area contributed by atoms with E-state index in [1.807, 2.05) is 22.9 Å². The first kappa shape index (κ1) is 16.5. The smallest absolute Gasteiger partial charge is 0.349 e. The van der Waals surface area contributed by atoms with E-state index in [0.717, 1.165) is 18.8 Å². The van der Waals surface area contributed by atoms with Gasteiger partial charge in [-0.1, -0.05) is 0 Å². The molecule has 0 aromatic carbocycles. The number of fused-ring (bicyclic) bond motifs is 2. The molecule has 2 aromatic rings. The molecule has 0 aliphatic carbocycles. The lowest BCUT2D eigenvalue weighted by atomic mass is 10.1. The normalized spacial score (nSPS) is 24.1. The van der Waals surface area contributed by atoms with Gasteiger partial charge in [-0.2, -0.15) is 4.98 Å². The molecule has 0 spiro atoms. The van der Waals surface area contributed by atoms with Crippen LogP contribution in [0.4, 0.5) is 10.2 Å². The topological polar surface area (TPSA) is 54.3 Å². The van der Waals surface area contributed by atoms with Gasteiger partial charge in [0.2, 0.25) is 0 Å². The van der Waals surface area contributed by atoms with Gasteiger partial charge in [0.05, 0.1) is 44.9 Å². The van der Waals surface area contributed by atoms with Gasteiger partial charge in [0, 0.05) is 24.9 Å². The maximum absolute atomic E-state index is 14.8. The van der Waals surface area contributed by atoms with Crippen molar-refractivity contribution in [3.63, 3.8) is 0 Å². The number of pyridine rings is 1. The summed E-state index contributed by atoms with van der Waals surface area (Å²) in [4.78, 5) is 26.0. The van der Waals surface area contributed by atoms with Crippen molar-refractivity contribution in [3.8, 4) is 0 Å². The maximum atomic E-state index is 14.8. The zero-order valence-corrected chi connectivity index (χ0v) is 16.6. The summed E-state index contributed by atoms with van der Waals surface area (Å²) in [5, 5.41) is 0.663. The Bertz CT molecular complexity index is 904. The van der Waals surface area contributed by atoms with Gasteiger partial charge in [0.15, 0.2) is 11.5 Å². The number of rotatable bonds is 0. The molecule has 1 saturated heterocycles. The molecular formula is C15H17FIN5OS. The van der Waals surface area contributed by atoms with Crippen molar-refractivity contribution >= 4 is 51.5 Å². The van der Waals surface area contributed by atoms with Crippen LogP contribution in [0.25, 0.3) is 11.0 Å². The van der Waals surface area contributed by atoms with Gasteiger partial charge in [-0.3, -0.25) is 4.90 Å². The lowest BCUT2D eigenvalue weighted by Crippen LogP contribution is -2.57. The van der Waals surface area contributed by atoms with Crippen LogP contribution < -0.4 is 10.6 Å². The summed E-state index contributed by atoms with van der Waals surface area (Å²) in [6.07, 6.45) is 0. The van der Waals surface area contributed by atoms with Crippen LogP contribution in [0, 0.1) is 12.7 Å². The Hall–Kier alpha value is -0.940. The van der Waals surface area contributed by atoms with Crippen molar-refractivity contribution in [2.75, 3.05) is 30.8 Å². The Kier molecular flexibility index (Phi) is 4.00. The second kappa shape index (κ2) is 5.80. The first-order chi connectivity index (χ1) is 11.4. The summed E-state index contributed by atoms with van der Waals surface area (Å²) in [7, 11) is 2.10. The molecule has 0 N–H and O–H groups in total. The molecule has 2 aliphatic heterocycles. The van der Waals surface area contributed by atoms with E-state index >= 15 is 0 Å². The SMILES string of the molecule is Cc1nc2c3c(nc(=O)n2I)N2CC(C)N(C)CC2CSc3c1F. The van der Waals surface area contributed by atoms with E-state index in [1.165, 1.54) is 14.5 Å². The zero-order chi connectivity index (χ0) is 17.2. The number of aryl methyl sites for hydroxylation is 1. The second-order valence-corrected chi connectivity index (χ2v) is 8.44. The standard InChI is InChI=1S/C15H17FIN5OS/c1-7-4-21-9(5-20(7)3)6-24-12-10-13(21)19-15(23)22(17)14(10)18-8(2)11(12)16/h7,9H,4-6H2,1-3H3. The third-order valence-electron chi connectivity index (χ3n) is 4.87. The van der Waals surface area contributed by atoms with E-state index in [9.17, 15) is 9.18 Å². The summed E-state index contributed by atoms with van der Waals surface area (Å²) in [6.45, 7) is 5.43. The van der Waals surface area contributed by atoms with E-state index < -0.39 is 0 Å². The van der Waals surface area contributed by atoms with Crippen molar-refractivity contribution in [2.24, 2.45) is 0 Å². The molecule has 0 amide bonds. The van der Waals surface area contributed by atoms with Crippen LogP contribution in [0.5, 0.6) is 0 Å². The van der Waals surface area contributed by atoms with Crippen molar-refractivity contribution in [1.82, 2.24) is 17.6 Å². The summed E-state index contributed by atoms with van der Waals surface area (Å²) in [5.41, 5.74) is 0.455. The fourth-order valence-corrected chi connectivity index (χ4v) is 5.08. The van der Waals surface area contributed by atoms with E-state index in [1.54, 1.807) is 6.92 Å². The van der Waals surface area contributed by atoms with Crippen LogP contribution in [0.3, 0.4) is 0 Å². The number of thioether (sulfide) groups is 1. The van der Waals surface area contributed by atoms with Gasteiger partial charge in [-0.05, 0) is 20.9 Å². The zero-order valence-electron chi connectivity index (χ0n) is 13.6. The molecule has 2 unspecified atom stereocenters. The average Bonchev–Trinajstić information content (AvgIpc) is 2.68. The van der Waals surface area contributed by atoms with Crippen molar-refractivity contribution in [1.29, 1.82) is 0 Å². The van der Waals surface area contributed by atoms with Gasteiger partial charge in [0.25, 0.3) is 0 Å². The summed E-state index contributed by atoms with van der Waals surface area (Å²) < 4.78 is 16.1. The summed E-state index contributed by atoms with van der Waals surface area (Å²) in [6, 6.07) is 0.540. The third-order valence-corrected chi connectivity index (χ3v) is 6.96. The Labute approximate surface area is 156 Å². The Morgan fingerprint density at radius 3 is 2.83 bits per heavy atom. The van der Waals surface area contributed by atoms with Crippen LogP contribution in [0.2, 0.25) is 0 Å². The number of hydrogen-bond acceptors (Lipinski definition) is 6. The minimum absolute atomic E-state index is 0.198. The first-order valence-electron chi connectivity index (χ1n) is 7.77. The van der Waals surface area contributed by atoms with Gasteiger partial charge >= 0.3 is 5.69 Å². The number of anilines is 1. The van der Waals surface area contributed by atoms with Gasteiger partial charge in [-0.25, -0.2) is 16.9 Å². The molecule has 24 heavy (non-hydrogen) atoms. The molecule has 4 heterocycles. The molecule has 0 bridgehead atoms. The van der Waals surface area contributed by atoms with E-state index in [0.29, 0.717) is 33.5 Å². The molecule has 1 fully saturated rings. The predicted octanol–water partition coefficient (Wildman–Crippen LogP) is 2.05. The van der Waals surface area contributed by atoms with Crippen LogP contribution in [0.15, 0.2) is 9.69 Å². The number of nitrogens with zero attached hydrogens (tertiary/aromatic N) is 5. The number of likely N-dealkylation sites (N-methyl/N-ethyl adjacent to an activating group) is 1. The number of piperazine rings is 1. The minimum atomic E-state index is -0.361. The van der Waals surface area contributed by atoms with Crippen LogP contribution in [-0.4, -0.2) is 55.6 Å². The lowest BCUT2D eigenvalue weighted by Gasteiger charge is -2.43. The highest BCUT2D eigenvalue weighted by Crippen LogP contribution is 2.41. The van der Waals surface area contributed by atoms with E-state index in [4.69, 9.17) is 0 Å². The molecule has 9 heteroatoms. The molecular weight excluding hydrogens is 444 g/mol. The van der Waals surface area contributed by atoms with Crippen molar-refractivity contribution < 1.29 is 4.39 Å². The molecule has 6 nitrogen and oxygen atoms in total. The predicted molar refractivity (Wildman–Crippen MR) is 102 cm³/mol. The summed E-state index contributed by atoms with van der Waals surface area (Å²) in [5.74, 6) is 1.05. The van der Waals surface area contributed by atoms with Gasteiger partial charge < -0.3 is 4.90 Å². The monoisotopic (exact) mass is 461 g/mol. The van der Waals surface area contributed by atoms with E-state index in [2.05, 4.69) is 33.7 Å². The third kappa shape index (κ3) is 2.35. The van der Waals surface area contributed by atoms with Crippen molar-refractivity contribution in [2.45, 2.75) is 30.8 Å². The highest BCUT2D eigenvalue weighted by molar-refractivity contribution is 14.1. The van der Waals surface area contributed by atoms with Crippen LogP contribution in [0.1, 0.15) is 12.6 Å². The van der Waals surface area contributed by atoms with Crippen LogP contribution >= 0.6 is 34.6 Å². The molecule has 0 saturated carbocycles. The maximum Gasteiger partial charge on any atom is 0.360 e. The first-order valence-corrected chi connectivity index (χ1v) is 9.72. The van der Waals surface area contributed by atoms with Crippen LogP contribution in [-0.2, 0) is 0 Å². The Morgan fingerprint density at radius 2 is 2.08 bits per heavy atom. The van der Waals surface area contributed by atoms with Crippen molar-refractivity contribution in [3.05, 3.63) is 22.0 Å². The molecule has 2 atom stereocenters. The van der Waals surface area contributed by atoms with E-state index in [-0.39, 0.29) is 17.5 Å².